The SMILES string of the molecule is CC(CC1CCCN1)NCC(O)C(C)C. The molecular weight excluding hydrogens is 188 g/mol. The third-order valence-corrected chi connectivity index (χ3v) is 3.25. The molecule has 0 aromatic carbocycles. The van der Waals surface area contributed by atoms with Crippen LogP contribution < -0.4 is 10.6 Å². The molecule has 15 heavy (non-hydrogen) atoms. The van der Waals surface area contributed by atoms with Gasteiger partial charge in [-0.3, -0.25) is 0 Å². The number of nitrogens with one attached hydrogen (secondary N) is 2. The summed E-state index contributed by atoms with van der Waals surface area (Å²) in [7, 11) is 0. The van der Waals surface area contributed by atoms with Crippen molar-refractivity contribution in [1.29, 1.82) is 0 Å². The fraction of sp³-hybridized carbons (Fsp3) is 1.00. The van der Waals surface area contributed by atoms with Crippen LogP contribution in [0.2, 0.25) is 0 Å². The maximum Gasteiger partial charge on any atom is 0.0687 e. The highest BCUT2D eigenvalue weighted by Crippen LogP contribution is 2.11. The summed E-state index contributed by atoms with van der Waals surface area (Å²) in [5.74, 6) is 0.342. The maximum atomic E-state index is 9.66. The van der Waals surface area contributed by atoms with Crippen LogP contribution in [0.25, 0.3) is 0 Å². The molecular formula is C12H26N2O. The van der Waals surface area contributed by atoms with Crippen LogP contribution in [0.3, 0.4) is 0 Å². The van der Waals surface area contributed by atoms with Crippen LogP contribution in [0.5, 0.6) is 0 Å². The van der Waals surface area contributed by atoms with Gasteiger partial charge in [-0.2, -0.15) is 0 Å². The van der Waals surface area contributed by atoms with Gasteiger partial charge >= 0.3 is 0 Å². The third-order valence-electron chi connectivity index (χ3n) is 3.25. The molecule has 3 nitrogen and oxygen atoms in total. The molecule has 1 fully saturated rings. The van der Waals surface area contributed by atoms with Crippen molar-refractivity contribution < 1.29 is 5.11 Å². The summed E-state index contributed by atoms with van der Waals surface area (Å²) in [4.78, 5) is 0. The third kappa shape index (κ3) is 4.96. The van der Waals surface area contributed by atoms with E-state index in [9.17, 15) is 5.11 Å². The van der Waals surface area contributed by atoms with Gasteiger partial charge < -0.3 is 15.7 Å². The van der Waals surface area contributed by atoms with Crippen molar-refractivity contribution >= 4 is 0 Å². The molecule has 1 rings (SSSR count). The molecule has 0 aliphatic carbocycles. The predicted octanol–water partition coefficient (Wildman–Crippen LogP) is 1.12. The topological polar surface area (TPSA) is 44.3 Å². The highest BCUT2D eigenvalue weighted by molar-refractivity contribution is 4.79. The maximum absolute atomic E-state index is 9.66. The van der Waals surface area contributed by atoms with Gasteiger partial charge in [0.25, 0.3) is 0 Å². The van der Waals surface area contributed by atoms with Gasteiger partial charge in [-0.1, -0.05) is 13.8 Å². The van der Waals surface area contributed by atoms with Crippen LogP contribution in [0.4, 0.5) is 0 Å². The van der Waals surface area contributed by atoms with Crippen molar-refractivity contribution in [2.24, 2.45) is 5.92 Å². The van der Waals surface area contributed by atoms with Gasteiger partial charge in [0.15, 0.2) is 0 Å². The van der Waals surface area contributed by atoms with E-state index in [0.29, 0.717) is 24.5 Å². The molecule has 3 unspecified atom stereocenters. The Balaban J connectivity index is 2.09. The molecule has 0 radical (unpaired) electrons. The first-order chi connectivity index (χ1) is 7.09. The lowest BCUT2D eigenvalue weighted by Gasteiger charge is -2.21. The van der Waals surface area contributed by atoms with E-state index >= 15 is 0 Å². The Morgan fingerprint density at radius 1 is 1.40 bits per heavy atom. The Labute approximate surface area is 93.6 Å². The zero-order valence-corrected chi connectivity index (χ0v) is 10.3. The van der Waals surface area contributed by atoms with Crippen molar-refractivity contribution in [3.63, 3.8) is 0 Å². The molecule has 3 atom stereocenters. The Kier molecular flexibility index (Phi) is 5.58. The molecule has 0 spiro atoms. The quantitative estimate of drug-likeness (QED) is 0.621. The van der Waals surface area contributed by atoms with Gasteiger partial charge in [-0.15, -0.1) is 0 Å². The minimum atomic E-state index is -0.219. The van der Waals surface area contributed by atoms with E-state index in [0.717, 1.165) is 0 Å². The fourth-order valence-electron chi connectivity index (χ4n) is 2.03. The summed E-state index contributed by atoms with van der Waals surface area (Å²) in [5, 5.41) is 16.6. The van der Waals surface area contributed by atoms with Crippen LogP contribution >= 0.6 is 0 Å². The van der Waals surface area contributed by atoms with Gasteiger partial charge in [-0.25, -0.2) is 0 Å². The van der Waals surface area contributed by atoms with E-state index < -0.39 is 0 Å². The average Bonchev–Trinajstić information content (AvgIpc) is 2.66. The molecule has 0 saturated carbocycles. The average molecular weight is 214 g/mol. The Bertz CT molecular complexity index is 167. The minimum absolute atomic E-state index is 0.219. The summed E-state index contributed by atoms with van der Waals surface area (Å²) in [5.41, 5.74) is 0. The number of hydrogen-bond donors (Lipinski definition) is 3. The molecule has 1 aliphatic rings. The van der Waals surface area contributed by atoms with Gasteiger partial charge in [0.2, 0.25) is 0 Å². The van der Waals surface area contributed by atoms with E-state index in [1.165, 1.54) is 25.8 Å². The van der Waals surface area contributed by atoms with Crippen molar-refractivity contribution in [2.45, 2.75) is 58.2 Å². The standard InChI is InChI=1S/C12H26N2O/c1-9(2)12(15)8-14-10(3)7-11-5-4-6-13-11/h9-15H,4-8H2,1-3H3. The van der Waals surface area contributed by atoms with Crippen LogP contribution in [0.1, 0.15) is 40.0 Å². The Hall–Kier alpha value is -0.120. The molecule has 1 aliphatic heterocycles. The molecule has 0 aromatic rings. The van der Waals surface area contributed by atoms with Crippen molar-refractivity contribution in [3.05, 3.63) is 0 Å². The highest BCUT2D eigenvalue weighted by Gasteiger charge is 2.17. The lowest BCUT2D eigenvalue weighted by atomic mass is 10.0. The number of aliphatic hydroxyl groups excluding tert-OH is 1. The minimum Gasteiger partial charge on any atom is -0.392 e. The van der Waals surface area contributed by atoms with Crippen LogP contribution in [-0.2, 0) is 0 Å². The predicted molar refractivity (Wildman–Crippen MR) is 64.0 cm³/mol. The van der Waals surface area contributed by atoms with Crippen LogP contribution in [-0.4, -0.2) is 36.4 Å². The Morgan fingerprint density at radius 3 is 2.67 bits per heavy atom. The highest BCUT2D eigenvalue weighted by atomic mass is 16.3. The number of rotatable bonds is 6. The second-order valence-electron chi connectivity index (χ2n) is 5.15. The summed E-state index contributed by atoms with van der Waals surface area (Å²) in [6.07, 6.45) is 3.57. The van der Waals surface area contributed by atoms with Gasteiger partial charge in [0, 0.05) is 18.6 Å². The zero-order chi connectivity index (χ0) is 11.3. The summed E-state index contributed by atoms with van der Waals surface area (Å²) >= 11 is 0. The van der Waals surface area contributed by atoms with E-state index in [-0.39, 0.29) is 6.10 Å². The monoisotopic (exact) mass is 214 g/mol. The molecule has 3 heteroatoms. The second kappa shape index (κ2) is 6.46. The molecule has 90 valence electrons. The van der Waals surface area contributed by atoms with E-state index in [4.69, 9.17) is 0 Å². The molecule has 0 amide bonds. The second-order valence-corrected chi connectivity index (χ2v) is 5.15. The molecule has 1 heterocycles. The van der Waals surface area contributed by atoms with Crippen molar-refractivity contribution in [1.82, 2.24) is 10.6 Å². The Morgan fingerprint density at radius 2 is 2.13 bits per heavy atom. The normalized spacial score (nSPS) is 25.8. The van der Waals surface area contributed by atoms with E-state index in [1.807, 2.05) is 0 Å². The van der Waals surface area contributed by atoms with Crippen molar-refractivity contribution in [3.8, 4) is 0 Å². The first-order valence-corrected chi connectivity index (χ1v) is 6.24. The molecule has 3 N–H and O–H groups in total. The fourth-order valence-corrected chi connectivity index (χ4v) is 2.03. The number of aliphatic hydroxyl groups is 1. The van der Waals surface area contributed by atoms with Crippen molar-refractivity contribution in [2.75, 3.05) is 13.1 Å². The lowest BCUT2D eigenvalue weighted by molar-refractivity contribution is 0.120. The lowest BCUT2D eigenvalue weighted by Crippen LogP contribution is -2.39. The van der Waals surface area contributed by atoms with Crippen LogP contribution in [0, 0.1) is 5.92 Å². The van der Waals surface area contributed by atoms with Crippen LogP contribution in [0.15, 0.2) is 0 Å². The molecule has 0 bridgehead atoms. The first-order valence-electron chi connectivity index (χ1n) is 6.24. The summed E-state index contributed by atoms with van der Waals surface area (Å²) in [6.45, 7) is 8.19. The molecule has 0 aromatic heterocycles. The van der Waals surface area contributed by atoms with Gasteiger partial charge in [-0.05, 0) is 38.6 Å². The molecule has 1 saturated heterocycles. The van der Waals surface area contributed by atoms with E-state index in [2.05, 4.69) is 31.4 Å². The first kappa shape index (κ1) is 12.9. The number of hydrogen-bond acceptors (Lipinski definition) is 3. The summed E-state index contributed by atoms with van der Waals surface area (Å²) < 4.78 is 0. The van der Waals surface area contributed by atoms with Gasteiger partial charge in [0.05, 0.1) is 6.10 Å². The van der Waals surface area contributed by atoms with Gasteiger partial charge in [0.1, 0.15) is 0 Å². The zero-order valence-electron chi connectivity index (χ0n) is 10.3. The largest absolute Gasteiger partial charge is 0.392 e. The summed E-state index contributed by atoms with van der Waals surface area (Å²) in [6, 6.07) is 1.18. The smallest absolute Gasteiger partial charge is 0.0687 e. The van der Waals surface area contributed by atoms with E-state index in [1.54, 1.807) is 0 Å².